The van der Waals surface area contributed by atoms with E-state index in [-0.39, 0.29) is 24.7 Å². The fourth-order valence-electron chi connectivity index (χ4n) is 2.58. The highest BCUT2D eigenvalue weighted by Crippen LogP contribution is 2.38. The predicted octanol–water partition coefficient (Wildman–Crippen LogP) is 3.19. The van der Waals surface area contributed by atoms with Gasteiger partial charge in [-0.2, -0.15) is 13.2 Å². The first-order valence-electron chi connectivity index (χ1n) is 7.27. The Bertz CT molecular complexity index is 767. The molecule has 1 aromatic carbocycles. The van der Waals surface area contributed by atoms with E-state index in [2.05, 4.69) is 20.6 Å². The van der Waals surface area contributed by atoms with Gasteiger partial charge in [-0.05, 0) is 24.6 Å². The monoisotopic (exact) mass is 358 g/mol. The highest BCUT2D eigenvalue weighted by atomic mass is 35.5. The lowest BCUT2D eigenvalue weighted by molar-refractivity contribution is -0.144. The van der Waals surface area contributed by atoms with Crippen LogP contribution in [0.25, 0.3) is 11.3 Å². The van der Waals surface area contributed by atoms with Crippen LogP contribution < -0.4 is 10.6 Å². The highest BCUT2D eigenvalue weighted by Gasteiger charge is 2.37. The molecule has 0 amide bonds. The molecule has 1 aromatic heterocycles. The van der Waals surface area contributed by atoms with Crippen molar-refractivity contribution in [1.82, 2.24) is 9.97 Å². The van der Waals surface area contributed by atoms with E-state index in [0.717, 1.165) is 0 Å². The van der Waals surface area contributed by atoms with Crippen LogP contribution in [-0.2, 0) is 12.6 Å². The third-order valence-electron chi connectivity index (χ3n) is 3.59. The summed E-state index contributed by atoms with van der Waals surface area (Å²) in [6, 6.07) is 4.90. The molecule has 9 heteroatoms. The van der Waals surface area contributed by atoms with E-state index < -0.39 is 12.0 Å². The number of rotatable bonds is 3. The topological polar surface area (TPSA) is 70.1 Å². The van der Waals surface area contributed by atoms with Gasteiger partial charge in [0.25, 0.3) is 0 Å². The van der Waals surface area contributed by atoms with E-state index in [0.29, 0.717) is 34.8 Å². The summed E-state index contributed by atoms with van der Waals surface area (Å²) in [7, 11) is 0. The van der Waals surface area contributed by atoms with Crippen LogP contribution in [0.5, 0.6) is 0 Å². The minimum Gasteiger partial charge on any atom is -0.395 e. The molecule has 3 N–H and O–H groups in total. The Kier molecular flexibility index (Phi) is 4.51. The van der Waals surface area contributed by atoms with Gasteiger partial charge < -0.3 is 15.7 Å². The average molecular weight is 359 g/mol. The SMILES string of the molecule is OCCNc1nc(C(F)(F)F)nc2c1CCNc1cc(Cl)ccc1-2. The van der Waals surface area contributed by atoms with E-state index >= 15 is 0 Å². The van der Waals surface area contributed by atoms with Gasteiger partial charge in [0.2, 0.25) is 5.82 Å². The van der Waals surface area contributed by atoms with Crippen LogP contribution in [0.15, 0.2) is 18.2 Å². The zero-order chi connectivity index (χ0) is 17.3. The van der Waals surface area contributed by atoms with E-state index in [1.54, 1.807) is 18.2 Å². The Morgan fingerprint density at radius 1 is 1.29 bits per heavy atom. The maximum Gasteiger partial charge on any atom is 0.451 e. The molecule has 0 unspecified atom stereocenters. The number of alkyl halides is 3. The van der Waals surface area contributed by atoms with Crippen molar-refractivity contribution in [1.29, 1.82) is 0 Å². The fraction of sp³-hybridized carbons (Fsp3) is 0.333. The number of halogens is 4. The van der Waals surface area contributed by atoms with Crippen molar-refractivity contribution in [2.45, 2.75) is 12.6 Å². The Morgan fingerprint density at radius 3 is 2.79 bits per heavy atom. The third kappa shape index (κ3) is 3.25. The van der Waals surface area contributed by atoms with Crippen molar-refractivity contribution in [3.05, 3.63) is 34.6 Å². The number of hydrogen-bond acceptors (Lipinski definition) is 5. The highest BCUT2D eigenvalue weighted by molar-refractivity contribution is 6.31. The number of aromatic nitrogens is 2. The van der Waals surface area contributed by atoms with Crippen LogP contribution in [0.1, 0.15) is 11.4 Å². The molecule has 0 saturated carbocycles. The van der Waals surface area contributed by atoms with Crippen LogP contribution in [0, 0.1) is 0 Å². The molecule has 24 heavy (non-hydrogen) atoms. The molecular weight excluding hydrogens is 345 g/mol. The van der Waals surface area contributed by atoms with Crippen LogP contribution in [0.3, 0.4) is 0 Å². The molecule has 2 aromatic rings. The van der Waals surface area contributed by atoms with Crippen molar-refractivity contribution in [3.8, 4) is 11.3 Å². The Labute approximate surface area is 140 Å². The Morgan fingerprint density at radius 2 is 2.08 bits per heavy atom. The van der Waals surface area contributed by atoms with Crippen molar-refractivity contribution in [2.75, 3.05) is 30.3 Å². The van der Waals surface area contributed by atoms with E-state index in [1.807, 2.05) is 0 Å². The van der Waals surface area contributed by atoms with E-state index in [9.17, 15) is 13.2 Å². The first-order chi connectivity index (χ1) is 11.4. The van der Waals surface area contributed by atoms with Crippen molar-refractivity contribution < 1.29 is 18.3 Å². The smallest absolute Gasteiger partial charge is 0.395 e. The molecule has 0 spiro atoms. The molecule has 3 rings (SSSR count). The molecule has 2 heterocycles. The van der Waals surface area contributed by atoms with Gasteiger partial charge in [-0.25, -0.2) is 9.97 Å². The molecule has 5 nitrogen and oxygen atoms in total. The van der Waals surface area contributed by atoms with Gasteiger partial charge in [-0.15, -0.1) is 0 Å². The van der Waals surface area contributed by atoms with Gasteiger partial charge in [0.15, 0.2) is 0 Å². The minimum atomic E-state index is -4.67. The van der Waals surface area contributed by atoms with E-state index in [1.165, 1.54) is 0 Å². The zero-order valence-electron chi connectivity index (χ0n) is 12.4. The van der Waals surface area contributed by atoms with Gasteiger partial charge in [0.05, 0.1) is 12.3 Å². The normalized spacial score (nSPS) is 13.5. The Hall–Kier alpha value is -2.06. The van der Waals surface area contributed by atoms with Gasteiger partial charge >= 0.3 is 6.18 Å². The first-order valence-corrected chi connectivity index (χ1v) is 7.64. The lowest BCUT2D eigenvalue weighted by Gasteiger charge is -2.16. The third-order valence-corrected chi connectivity index (χ3v) is 3.83. The molecule has 0 atom stereocenters. The summed E-state index contributed by atoms with van der Waals surface area (Å²) >= 11 is 5.97. The number of nitrogens with zero attached hydrogens (tertiary/aromatic N) is 2. The van der Waals surface area contributed by atoms with Crippen molar-refractivity contribution in [3.63, 3.8) is 0 Å². The molecule has 1 aliphatic heterocycles. The standard InChI is InChI=1S/C15H14ClF3N4O/c16-8-1-2-9-11(7-8)20-4-3-10-12(9)22-14(15(17,18)19)23-13(10)21-5-6-24/h1-2,7,20,24H,3-6H2,(H,21,22,23). The summed E-state index contributed by atoms with van der Waals surface area (Å²) < 4.78 is 39.5. The average Bonchev–Trinajstić information content (AvgIpc) is 2.70. The number of aliphatic hydroxyl groups is 1. The predicted molar refractivity (Wildman–Crippen MR) is 85.2 cm³/mol. The second-order valence-corrected chi connectivity index (χ2v) is 5.67. The number of anilines is 2. The number of hydrogen-bond donors (Lipinski definition) is 3. The zero-order valence-corrected chi connectivity index (χ0v) is 13.2. The molecule has 1 aliphatic rings. The fourth-order valence-corrected chi connectivity index (χ4v) is 2.75. The lowest BCUT2D eigenvalue weighted by Crippen LogP contribution is -2.18. The van der Waals surface area contributed by atoms with Gasteiger partial charge in [0.1, 0.15) is 5.82 Å². The van der Waals surface area contributed by atoms with Crippen LogP contribution in [0.2, 0.25) is 5.02 Å². The maximum absolute atomic E-state index is 13.2. The van der Waals surface area contributed by atoms with Crippen molar-refractivity contribution >= 4 is 23.1 Å². The first kappa shape index (κ1) is 16.8. The molecule has 128 valence electrons. The number of aliphatic hydroxyl groups excluding tert-OH is 1. The summed E-state index contributed by atoms with van der Waals surface area (Å²) in [6.45, 7) is 0.384. The quantitative estimate of drug-likeness (QED) is 0.786. The summed E-state index contributed by atoms with van der Waals surface area (Å²) in [4.78, 5) is 7.38. The van der Waals surface area contributed by atoms with Crippen LogP contribution >= 0.6 is 11.6 Å². The summed E-state index contributed by atoms with van der Waals surface area (Å²) in [5.74, 6) is -1.13. The number of nitrogens with one attached hydrogen (secondary N) is 2. The van der Waals surface area contributed by atoms with Crippen LogP contribution in [-0.4, -0.2) is 34.8 Å². The lowest BCUT2D eigenvalue weighted by atomic mass is 10.0. The molecule has 0 fully saturated rings. The minimum absolute atomic E-state index is 0.0889. The number of fused-ring (bicyclic) bond motifs is 3. The molecule has 0 radical (unpaired) electrons. The second kappa shape index (κ2) is 6.45. The van der Waals surface area contributed by atoms with Crippen molar-refractivity contribution in [2.24, 2.45) is 0 Å². The van der Waals surface area contributed by atoms with Gasteiger partial charge in [0, 0.05) is 34.9 Å². The maximum atomic E-state index is 13.2. The van der Waals surface area contributed by atoms with Crippen LogP contribution in [0.4, 0.5) is 24.7 Å². The second-order valence-electron chi connectivity index (χ2n) is 5.24. The summed E-state index contributed by atoms with van der Waals surface area (Å²) in [6.07, 6.45) is -4.23. The molecule has 0 aliphatic carbocycles. The van der Waals surface area contributed by atoms with E-state index in [4.69, 9.17) is 16.7 Å². The van der Waals surface area contributed by atoms with Gasteiger partial charge in [-0.1, -0.05) is 11.6 Å². The summed E-state index contributed by atoms with van der Waals surface area (Å²) in [5.41, 5.74) is 1.95. The number of benzene rings is 1. The Balaban J connectivity index is 2.22. The molecular formula is C15H14ClF3N4O. The molecule has 0 bridgehead atoms. The molecule has 0 saturated heterocycles. The summed E-state index contributed by atoms with van der Waals surface area (Å²) in [5, 5.41) is 15.3. The van der Waals surface area contributed by atoms with Gasteiger partial charge in [-0.3, -0.25) is 0 Å². The largest absolute Gasteiger partial charge is 0.451 e.